The van der Waals surface area contributed by atoms with Crippen molar-refractivity contribution >= 4 is 17.1 Å². The average molecular weight is 245 g/mol. The maximum Gasteiger partial charge on any atom is 0.278 e. The zero-order chi connectivity index (χ0) is 12.5. The highest BCUT2D eigenvalue weighted by molar-refractivity contribution is 5.70. The fourth-order valence-corrected chi connectivity index (χ4v) is 2.21. The van der Waals surface area contributed by atoms with Gasteiger partial charge in [-0.15, -0.1) is 0 Å². The molecule has 0 aliphatic heterocycles. The van der Waals surface area contributed by atoms with Crippen molar-refractivity contribution in [3.63, 3.8) is 0 Å². The van der Waals surface area contributed by atoms with Gasteiger partial charge in [0.2, 0.25) is 5.95 Å². The molecule has 0 saturated heterocycles. The molecule has 2 heterocycles. The van der Waals surface area contributed by atoms with E-state index >= 15 is 0 Å². The lowest BCUT2D eigenvalue weighted by atomic mass is 10.0. The zero-order valence-corrected chi connectivity index (χ0v) is 10.2. The van der Waals surface area contributed by atoms with Crippen LogP contribution in [0.15, 0.2) is 16.9 Å². The molecule has 1 aliphatic carbocycles. The van der Waals surface area contributed by atoms with Crippen LogP contribution in [0.5, 0.6) is 0 Å². The summed E-state index contributed by atoms with van der Waals surface area (Å²) in [6.07, 6.45) is 7.40. The summed E-state index contributed by atoms with van der Waals surface area (Å²) in [6, 6.07) is 0.329. The molecule has 1 unspecified atom stereocenters. The van der Waals surface area contributed by atoms with Crippen molar-refractivity contribution in [3.05, 3.63) is 28.3 Å². The van der Waals surface area contributed by atoms with Gasteiger partial charge in [-0.05, 0) is 26.2 Å². The molecule has 1 aliphatic rings. The summed E-state index contributed by atoms with van der Waals surface area (Å²) in [7, 11) is 0. The van der Waals surface area contributed by atoms with Crippen LogP contribution in [0.3, 0.4) is 0 Å². The Hall–Kier alpha value is -2.11. The van der Waals surface area contributed by atoms with E-state index in [9.17, 15) is 4.79 Å². The van der Waals surface area contributed by atoms with E-state index in [1.54, 1.807) is 6.92 Å². The van der Waals surface area contributed by atoms with E-state index in [1.165, 1.54) is 0 Å². The van der Waals surface area contributed by atoms with E-state index in [0.717, 1.165) is 19.3 Å². The van der Waals surface area contributed by atoms with Gasteiger partial charge < -0.3 is 10.3 Å². The van der Waals surface area contributed by atoms with E-state index in [1.807, 2.05) is 0 Å². The van der Waals surface area contributed by atoms with Crippen LogP contribution in [-0.2, 0) is 0 Å². The third-order valence-electron chi connectivity index (χ3n) is 3.09. The first-order chi connectivity index (χ1) is 8.72. The summed E-state index contributed by atoms with van der Waals surface area (Å²) in [5.41, 5.74) is 0.709. The van der Waals surface area contributed by atoms with Crippen molar-refractivity contribution < 1.29 is 0 Å². The van der Waals surface area contributed by atoms with Gasteiger partial charge >= 0.3 is 0 Å². The van der Waals surface area contributed by atoms with Crippen LogP contribution in [-0.4, -0.2) is 26.0 Å². The third kappa shape index (κ3) is 2.01. The topological polar surface area (TPSA) is 86.5 Å². The van der Waals surface area contributed by atoms with Gasteiger partial charge in [0.15, 0.2) is 11.2 Å². The van der Waals surface area contributed by atoms with Crippen LogP contribution in [0.25, 0.3) is 11.2 Å². The van der Waals surface area contributed by atoms with E-state index in [2.05, 4.69) is 37.4 Å². The number of hydrogen-bond donors (Lipinski definition) is 3. The third-order valence-corrected chi connectivity index (χ3v) is 3.09. The predicted octanol–water partition coefficient (Wildman–Crippen LogP) is 1.48. The zero-order valence-electron chi connectivity index (χ0n) is 10.2. The Morgan fingerprint density at radius 3 is 3.00 bits per heavy atom. The second-order valence-electron chi connectivity index (χ2n) is 4.56. The summed E-state index contributed by atoms with van der Waals surface area (Å²) >= 11 is 0. The fraction of sp³-hybridized carbons (Fsp3) is 0.417. The Morgan fingerprint density at radius 2 is 2.22 bits per heavy atom. The highest BCUT2D eigenvalue weighted by Crippen LogP contribution is 2.15. The van der Waals surface area contributed by atoms with Gasteiger partial charge in [0.25, 0.3) is 5.56 Å². The maximum absolute atomic E-state index is 11.8. The number of hydrogen-bond acceptors (Lipinski definition) is 4. The van der Waals surface area contributed by atoms with Gasteiger partial charge in [0, 0.05) is 6.04 Å². The number of fused-ring (bicyclic) bond motifs is 1. The molecule has 0 spiro atoms. The Kier molecular flexibility index (Phi) is 2.62. The number of anilines is 1. The molecule has 0 fully saturated rings. The summed E-state index contributed by atoms with van der Waals surface area (Å²) in [5.74, 6) is 1.19. The minimum absolute atomic E-state index is 0.186. The molecular formula is C12H15N5O. The Bertz CT molecular complexity index is 654. The molecule has 2 aromatic heterocycles. The molecule has 0 amide bonds. The SMILES string of the molecule is Cc1nc2nc(NC3CC=CCC3)[nH]c(=O)c2[nH]1. The van der Waals surface area contributed by atoms with Gasteiger partial charge in [-0.2, -0.15) is 4.98 Å². The lowest BCUT2D eigenvalue weighted by Crippen LogP contribution is -2.23. The number of imidazole rings is 1. The van der Waals surface area contributed by atoms with Crippen LogP contribution < -0.4 is 10.9 Å². The molecule has 18 heavy (non-hydrogen) atoms. The van der Waals surface area contributed by atoms with E-state index in [-0.39, 0.29) is 5.56 Å². The van der Waals surface area contributed by atoms with Gasteiger partial charge in [-0.3, -0.25) is 9.78 Å². The van der Waals surface area contributed by atoms with Crippen LogP contribution in [0.2, 0.25) is 0 Å². The molecule has 0 bridgehead atoms. The van der Waals surface area contributed by atoms with Crippen molar-refractivity contribution in [1.29, 1.82) is 0 Å². The number of aryl methyl sites for hydroxylation is 1. The molecule has 0 saturated carbocycles. The van der Waals surface area contributed by atoms with E-state index < -0.39 is 0 Å². The van der Waals surface area contributed by atoms with Gasteiger partial charge in [-0.25, -0.2) is 4.98 Å². The highest BCUT2D eigenvalue weighted by Gasteiger charge is 2.13. The number of aromatic nitrogens is 4. The van der Waals surface area contributed by atoms with Crippen LogP contribution in [0, 0.1) is 6.92 Å². The van der Waals surface area contributed by atoms with Crippen molar-refractivity contribution in [1.82, 2.24) is 19.9 Å². The molecule has 0 radical (unpaired) electrons. The van der Waals surface area contributed by atoms with Crippen molar-refractivity contribution in [2.45, 2.75) is 32.2 Å². The molecule has 6 nitrogen and oxygen atoms in total. The largest absolute Gasteiger partial charge is 0.353 e. The number of aromatic amines is 2. The molecule has 0 aromatic carbocycles. The second-order valence-corrected chi connectivity index (χ2v) is 4.56. The normalized spacial score (nSPS) is 19.3. The minimum Gasteiger partial charge on any atom is -0.353 e. The summed E-state index contributed by atoms with van der Waals surface area (Å²) in [4.78, 5) is 26.0. The first-order valence-electron chi connectivity index (χ1n) is 6.10. The molecule has 2 aromatic rings. The molecule has 6 heteroatoms. The number of allylic oxidation sites excluding steroid dienone is 1. The van der Waals surface area contributed by atoms with Crippen LogP contribution >= 0.6 is 0 Å². The molecule has 3 N–H and O–H groups in total. The quantitative estimate of drug-likeness (QED) is 0.699. The Morgan fingerprint density at radius 1 is 1.33 bits per heavy atom. The minimum atomic E-state index is -0.186. The predicted molar refractivity (Wildman–Crippen MR) is 69.6 cm³/mol. The lowest BCUT2D eigenvalue weighted by molar-refractivity contribution is 0.639. The smallest absolute Gasteiger partial charge is 0.278 e. The second kappa shape index (κ2) is 4.29. The standard InChI is InChI=1S/C12H15N5O/c1-7-13-9-10(14-7)16-12(17-11(9)18)15-8-5-3-2-4-6-8/h2-3,8H,4-6H2,1H3,(H3,13,14,15,16,17,18). The molecule has 1 atom stereocenters. The first kappa shape index (κ1) is 11.0. The van der Waals surface area contributed by atoms with Crippen molar-refractivity contribution in [3.8, 4) is 0 Å². The maximum atomic E-state index is 11.8. The van der Waals surface area contributed by atoms with Crippen molar-refractivity contribution in [2.24, 2.45) is 0 Å². The summed E-state index contributed by atoms with van der Waals surface area (Å²) < 4.78 is 0. The van der Waals surface area contributed by atoms with Gasteiger partial charge in [0.1, 0.15) is 5.82 Å². The van der Waals surface area contributed by atoms with Gasteiger partial charge in [0.05, 0.1) is 0 Å². The summed E-state index contributed by atoms with van der Waals surface area (Å²) in [6.45, 7) is 1.81. The fourth-order valence-electron chi connectivity index (χ4n) is 2.21. The Labute approximate surface area is 104 Å². The highest BCUT2D eigenvalue weighted by atomic mass is 16.1. The number of rotatable bonds is 2. The van der Waals surface area contributed by atoms with Crippen LogP contribution in [0.4, 0.5) is 5.95 Å². The molecule has 94 valence electrons. The first-order valence-corrected chi connectivity index (χ1v) is 6.10. The summed E-state index contributed by atoms with van der Waals surface area (Å²) in [5, 5.41) is 3.25. The Balaban J connectivity index is 1.92. The molecule has 3 rings (SSSR count). The van der Waals surface area contributed by atoms with Gasteiger partial charge in [-0.1, -0.05) is 12.2 Å². The lowest BCUT2D eigenvalue weighted by Gasteiger charge is -2.19. The van der Waals surface area contributed by atoms with Crippen molar-refractivity contribution in [2.75, 3.05) is 5.32 Å². The van der Waals surface area contributed by atoms with E-state index in [4.69, 9.17) is 0 Å². The number of nitrogens with one attached hydrogen (secondary N) is 3. The monoisotopic (exact) mass is 245 g/mol. The van der Waals surface area contributed by atoms with Crippen LogP contribution in [0.1, 0.15) is 25.1 Å². The number of nitrogens with zero attached hydrogens (tertiary/aromatic N) is 2. The molecular weight excluding hydrogens is 230 g/mol. The number of H-pyrrole nitrogens is 2. The average Bonchev–Trinajstić information content (AvgIpc) is 2.72. The van der Waals surface area contributed by atoms with E-state index in [0.29, 0.717) is 29.0 Å².